The Morgan fingerprint density at radius 3 is 0.662 bits per heavy atom. The molecule has 386 valence electrons. The topological polar surface area (TPSA) is 6.48 Å². The molecule has 2 heteroatoms. The first-order valence-corrected chi connectivity index (χ1v) is 27.8. The van der Waals surface area contributed by atoms with Gasteiger partial charge in [0.25, 0.3) is 0 Å². The van der Waals surface area contributed by atoms with Crippen LogP contribution in [0.2, 0.25) is 0 Å². The van der Waals surface area contributed by atoms with E-state index in [0.717, 1.165) is 80.3 Å². The molecule has 11 rings (SSSR count). The maximum atomic E-state index is 2.34. The van der Waals surface area contributed by atoms with Crippen molar-refractivity contribution in [2.75, 3.05) is 9.80 Å². The zero-order valence-electron chi connectivity index (χ0n) is 45.5. The molecule has 0 fully saturated rings. The summed E-state index contributed by atoms with van der Waals surface area (Å²) in [5, 5.41) is 0. The highest BCUT2D eigenvalue weighted by molar-refractivity contribution is 5.93. The fraction of sp³-hybridized carbons (Fsp3) is 0.0513. The van der Waals surface area contributed by atoms with E-state index in [4.69, 9.17) is 0 Å². The molecule has 0 bridgehead atoms. The van der Waals surface area contributed by atoms with E-state index in [9.17, 15) is 0 Å². The molecule has 11 aromatic carbocycles. The molecule has 0 atom stereocenters. The summed E-state index contributed by atoms with van der Waals surface area (Å²) in [4.78, 5) is 4.68. The summed E-state index contributed by atoms with van der Waals surface area (Å²) < 4.78 is 0. The van der Waals surface area contributed by atoms with Crippen LogP contribution in [0.25, 0.3) is 47.6 Å². The molecule has 0 amide bonds. The summed E-state index contributed by atoms with van der Waals surface area (Å²) in [6, 6.07) is 105. The summed E-state index contributed by atoms with van der Waals surface area (Å²) in [6.45, 7) is 4.40. The fourth-order valence-corrected chi connectivity index (χ4v) is 10.1. The number of hydrogen-bond donors (Lipinski definition) is 0. The summed E-state index contributed by atoms with van der Waals surface area (Å²) in [5.41, 5.74) is 23.3. The van der Waals surface area contributed by atoms with Gasteiger partial charge in [0.1, 0.15) is 0 Å². The van der Waals surface area contributed by atoms with Gasteiger partial charge in [-0.25, -0.2) is 0 Å². The highest BCUT2D eigenvalue weighted by atomic mass is 15.1. The van der Waals surface area contributed by atoms with Crippen LogP contribution in [-0.2, 0) is 12.8 Å². The second-order valence-corrected chi connectivity index (χ2v) is 20.0. The molecular formula is C78H64N2. The van der Waals surface area contributed by atoms with Gasteiger partial charge in [-0.1, -0.05) is 257 Å². The van der Waals surface area contributed by atoms with Gasteiger partial charge >= 0.3 is 0 Å². The minimum Gasteiger partial charge on any atom is -0.311 e. The van der Waals surface area contributed by atoms with Crippen LogP contribution in [0.3, 0.4) is 0 Å². The Kier molecular flexibility index (Phi) is 16.5. The maximum Gasteiger partial charge on any atom is 0.0462 e. The van der Waals surface area contributed by atoms with Gasteiger partial charge in [-0.15, -0.1) is 0 Å². The Hall–Kier alpha value is -10.0. The normalized spacial score (nSPS) is 11.1. The van der Waals surface area contributed by atoms with E-state index in [-0.39, 0.29) is 0 Å². The van der Waals surface area contributed by atoms with E-state index in [2.05, 4.69) is 351 Å². The minimum absolute atomic E-state index is 1.00. The van der Waals surface area contributed by atoms with E-state index in [0.29, 0.717) is 0 Å². The average molecular weight is 1030 g/mol. The van der Waals surface area contributed by atoms with E-state index < -0.39 is 0 Å². The van der Waals surface area contributed by atoms with E-state index >= 15 is 0 Å². The molecule has 0 aromatic heterocycles. The molecule has 0 unspecified atom stereocenters. The second kappa shape index (κ2) is 25.4. The van der Waals surface area contributed by atoms with Gasteiger partial charge in [0.2, 0.25) is 0 Å². The molecule has 80 heavy (non-hydrogen) atoms. The van der Waals surface area contributed by atoms with Crippen molar-refractivity contribution in [1.82, 2.24) is 0 Å². The quantitative estimate of drug-likeness (QED) is 0.0790. The molecule has 0 radical (unpaired) electrons. The predicted octanol–water partition coefficient (Wildman–Crippen LogP) is 21.3. The van der Waals surface area contributed by atoms with Gasteiger partial charge in [-0.2, -0.15) is 0 Å². The lowest BCUT2D eigenvalue weighted by Gasteiger charge is -2.26. The largest absolute Gasteiger partial charge is 0.311 e. The molecule has 0 aliphatic carbocycles. The highest BCUT2D eigenvalue weighted by Crippen LogP contribution is 2.38. The third-order valence-corrected chi connectivity index (χ3v) is 14.6. The monoisotopic (exact) mass is 1030 g/mol. The predicted molar refractivity (Wildman–Crippen MR) is 345 cm³/mol. The SMILES string of the molecule is CCc1ccc(N(c2ccc(C=Cc3ccc(C=Cc4ccc(N(c5ccc(C=C(c6ccccc6)c6ccccc6)cc5)c5ccc(CC)cc5)cc4)cc3)cc2)c2ccc(C=C(c3ccccc3)c3ccccc3)cc2)cc1. The average Bonchev–Trinajstić information content (AvgIpc) is 3.55. The lowest BCUT2D eigenvalue weighted by molar-refractivity contribution is 1.14. The Labute approximate surface area is 473 Å². The third kappa shape index (κ3) is 12.9. The molecule has 2 nitrogen and oxygen atoms in total. The van der Waals surface area contributed by atoms with Crippen LogP contribution in [0.5, 0.6) is 0 Å². The Morgan fingerprint density at radius 1 is 0.237 bits per heavy atom. The van der Waals surface area contributed by atoms with Crippen LogP contribution >= 0.6 is 0 Å². The van der Waals surface area contributed by atoms with Crippen molar-refractivity contribution in [1.29, 1.82) is 0 Å². The summed E-state index contributed by atoms with van der Waals surface area (Å²) in [6.07, 6.45) is 15.3. The maximum absolute atomic E-state index is 2.34. The van der Waals surface area contributed by atoms with Crippen molar-refractivity contribution >= 4 is 81.7 Å². The van der Waals surface area contributed by atoms with E-state index in [1.807, 2.05) is 0 Å². The van der Waals surface area contributed by atoms with Crippen molar-refractivity contribution in [3.8, 4) is 0 Å². The smallest absolute Gasteiger partial charge is 0.0462 e. The number of rotatable bonds is 18. The molecule has 0 saturated carbocycles. The Morgan fingerprint density at radius 2 is 0.438 bits per heavy atom. The number of aryl methyl sites for hydroxylation is 2. The van der Waals surface area contributed by atoms with Crippen LogP contribution in [0.1, 0.15) is 80.6 Å². The van der Waals surface area contributed by atoms with Crippen LogP contribution in [0.4, 0.5) is 34.1 Å². The molecule has 0 aliphatic heterocycles. The first kappa shape index (κ1) is 52.1. The number of benzene rings is 11. The standard InChI is InChI=1S/C78H64N2/c1-3-59-33-45-71(46-34-59)79(75-53-41-65(42-54-75)57-77(67-17-9-5-10-18-67)68-19-11-6-12-20-68)73-49-37-63(38-50-73)31-29-61-25-27-62(28-26-61)30-32-64-39-51-74(52-40-64)80(72-47-35-60(4-2)36-48-72)76-55-43-66(44-56-76)58-78(69-21-13-7-14-22-69)70-23-15-8-16-24-70/h5-58H,3-4H2,1-2H3. The van der Waals surface area contributed by atoms with Gasteiger partial charge in [-0.3, -0.25) is 0 Å². The van der Waals surface area contributed by atoms with Gasteiger partial charge in [-0.05, 0) is 176 Å². The van der Waals surface area contributed by atoms with Gasteiger partial charge < -0.3 is 9.80 Å². The highest BCUT2D eigenvalue weighted by Gasteiger charge is 2.15. The first-order valence-electron chi connectivity index (χ1n) is 27.8. The first-order chi connectivity index (χ1) is 39.5. The van der Waals surface area contributed by atoms with Crippen LogP contribution in [0.15, 0.2) is 291 Å². The Balaban J connectivity index is 0.774. The van der Waals surface area contributed by atoms with Gasteiger partial charge in [0, 0.05) is 34.1 Å². The van der Waals surface area contributed by atoms with Crippen molar-refractivity contribution in [2.45, 2.75) is 26.7 Å². The molecule has 11 aromatic rings. The lowest BCUT2D eigenvalue weighted by Crippen LogP contribution is -2.10. The molecule has 0 heterocycles. The van der Waals surface area contributed by atoms with Crippen molar-refractivity contribution in [3.05, 3.63) is 358 Å². The minimum atomic E-state index is 1.00. The second-order valence-electron chi connectivity index (χ2n) is 20.0. The summed E-state index contributed by atoms with van der Waals surface area (Å²) >= 11 is 0. The van der Waals surface area contributed by atoms with Crippen molar-refractivity contribution in [3.63, 3.8) is 0 Å². The van der Waals surface area contributed by atoms with Gasteiger partial charge in [0.15, 0.2) is 0 Å². The number of nitrogens with zero attached hydrogens (tertiary/aromatic N) is 2. The van der Waals surface area contributed by atoms with E-state index in [1.54, 1.807) is 0 Å². The number of anilines is 6. The molecular weight excluding hydrogens is 965 g/mol. The Bertz CT molecular complexity index is 3500. The zero-order valence-corrected chi connectivity index (χ0v) is 45.5. The lowest BCUT2D eigenvalue weighted by atomic mass is 9.95. The van der Waals surface area contributed by atoms with Crippen molar-refractivity contribution < 1.29 is 0 Å². The van der Waals surface area contributed by atoms with E-state index in [1.165, 1.54) is 44.5 Å². The van der Waals surface area contributed by atoms with Crippen LogP contribution in [0, 0.1) is 0 Å². The fourth-order valence-electron chi connectivity index (χ4n) is 10.1. The molecule has 0 saturated heterocycles. The third-order valence-electron chi connectivity index (χ3n) is 14.6. The van der Waals surface area contributed by atoms with Crippen molar-refractivity contribution in [2.24, 2.45) is 0 Å². The van der Waals surface area contributed by atoms with Gasteiger partial charge in [0.05, 0.1) is 0 Å². The van der Waals surface area contributed by atoms with Crippen LogP contribution in [-0.4, -0.2) is 0 Å². The molecule has 0 N–H and O–H groups in total. The summed E-state index contributed by atoms with van der Waals surface area (Å²) in [5.74, 6) is 0. The number of hydrogen-bond acceptors (Lipinski definition) is 2. The zero-order chi connectivity index (χ0) is 54.3. The molecule has 0 aliphatic rings. The van der Waals surface area contributed by atoms with Crippen LogP contribution < -0.4 is 9.80 Å². The molecule has 0 spiro atoms. The summed E-state index contributed by atoms with van der Waals surface area (Å²) in [7, 11) is 0.